The molecule has 0 spiro atoms. The Morgan fingerprint density at radius 1 is 0.468 bits per heavy atom. The van der Waals surface area contributed by atoms with Gasteiger partial charge in [-0.2, -0.15) is 20.5 Å². The van der Waals surface area contributed by atoms with E-state index in [0.29, 0.717) is 22.9 Å². The molecule has 10 heteroatoms. The van der Waals surface area contributed by atoms with Crippen molar-refractivity contribution in [3.63, 3.8) is 0 Å². The van der Waals surface area contributed by atoms with E-state index in [4.69, 9.17) is 29.9 Å². The number of ketones is 2. The number of benzene rings is 2. The SMILES string of the molecule is COc1ccccc1/N=N/C(c1ccc(-c2ccc(C(/N=N/c3ccccc3OC)C3C=C(C(C)(C)C)C(=O)C(C(C)(C)C)=C3)s2)s1)C1C=C(C(C)(C)C)C(=O)C(C(C)(C)C)=C1. The van der Waals surface area contributed by atoms with Crippen LogP contribution in [-0.4, -0.2) is 25.8 Å². The first-order valence-corrected chi connectivity index (χ1v) is 22.9. The molecule has 4 aromatic rings. The molecule has 0 N–H and O–H groups in total. The molecular weight excluding hydrogens is 809 g/mol. The number of thiophene rings is 2. The lowest BCUT2D eigenvalue weighted by Crippen LogP contribution is -2.30. The third kappa shape index (κ3) is 10.2. The highest BCUT2D eigenvalue weighted by molar-refractivity contribution is 7.22. The first kappa shape index (κ1) is 46.4. The van der Waals surface area contributed by atoms with Crippen molar-refractivity contribution in [1.82, 2.24) is 0 Å². The quantitative estimate of drug-likeness (QED) is 0.140. The average Bonchev–Trinajstić information content (AvgIpc) is 3.88. The van der Waals surface area contributed by atoms with Crippen molar-refractivity contribution in [3.05, 3.63) is 129 Å². The van der Waals surface area contributed by atoms with Crippen molar-refractivity contribution in [3.8, 4) is 21.3 Å². The molecule has 2 aliphatic carbocycles. The van der Waals surface area contributed by atoms with E-state index in [2.05, 4.69) is 132 Å². The second-order valence-electron chi connectivity index (χ2n) is 20.2. The van der Waals surface area contributed by atoms with Gasteiger partial charge in [0, 0.05) is 53.6 Å². The van der Waals surface area contributed by atoms with E-state index >= 15 is 0 Å². The van der Waals surface area contributed by atoms with E-state index in [1.165, 1.54) is 0 Å². The molecule has 0 saturated heterocycles. The Hall–Kier alpha value is -5.06. The molecule has 2 aromatic carbocycles. The molecule has 0 radical (unpaired) electrons. The normalized spacial score (nSPS) is 17.3. The molecule has 0 fully saturated rings. The third-order valence-electron chi connectivity index (χ3n) is 11.2. The van der Waals surface area contributed by atoms with Crippen LogP contribution in [0.1, 0.15) is 105 Å². The van der Waals surface area contributed by atoms with Crippen LogP contribution in [0.25, 0.3) is 9.75 Å². The van der Waals surface area contributed by atoms with Crippen LogP contribution in [-0.2, 0) is 9.59 Å². The van der Waals surface area contributed by atoms with Crippen LogP contribution in [0.3, 0.4) is 0 Å². The summed E-state index contributed by atoms with van der Waals surface area (Å²) in [4.78, 5) is 32.2. The number of ether oxygens (including phenoxy) is 2. The summed E-state index contributed by atoms with van der Waals surface area (Å²) in [6.45, 7) is 25.1. The molecule has 326 valence electrons. The van der Waals surface area contributed by atoms with Crippen LogP contribution < -0.4 is 9.47 Å². The monoisotopic (exact) mass is 870 g/mol. The van der Waals surface area contributed by atoms with Gasteiger partial charge in [-0.3, -0.25) is 9.59 Å². The summed E-state index contributed by atoms with van der Waals surface area (Å²) in [5.41, 5.74) is 2.96. The zero-order chi connectivity index (χ0) is 45.4. The number of azo groups is 2. The number of rotatable bonds is 11. The standard InChI is InChI=1S/C52H62N4O4S2/c1-49(2,3)33-27-31(28-34(47(33)57)50(4,5)6)45(55-53-37-19-15-17-21-39(37)59-13)43-25-23-41(61-43)42-24-26-44(62-42)46(56-54-38-20-16-18-22-40(38)60-14)32-29-35(51(7,8)9)48(58)36(30-32)52(10,11)12/h15-32,45-46H,1-14H3/b55-53+,56-54+. The van der Waals surface area contributed by atoms with Crippen molar-refractivity contribution in [2.24, 2.45) is 54.0 Å². The molecule has 0 amide bonds. The second kappa shape index (κ2) is 18.0. The largest absolute Gasteiger partial charge is 0.494 e. The minimum absolute atomic E-state index is 0.0910. The molecule has 2 aromatic heterocycles. The summed E-state index contributed by atoms with van der Waals surface area (Å²) in [6, 6.07) is 23.0. The van der Waals surface area contributed by atoms with Gasteiger partial charge in [0.15, 0.2) is 11.6 Å². The van der Waals surface area contributed by atoms with Crippen LogP contribution in [0, 0.1) is 33.5 Å². The van der Waals surface area contributed by atoms with Gasteiger partial charge < -0.3 is 9.47 Å². The smallest absolute Gasteiger partial charge is 0.185 e. The third-order valence-corrected chi connectivity index (χ3v) is 13.7. The Labute approximate surface area is 376 Å². The Balaban J connectivity index is 1.47. The number of Topliss-reactive ketones (excluding diaryl/α,β-unsaturated/α-hetero) is 2. The molecule has 6 rings (SSSR count). The lowest BCUT2D eigenvalue weighted by molar-refractivity contribution is -0.115. The zero-order valence-electron chi connectivity index (χ0n) is 38.8. The van der Waals surface area contributed by atoms with Gasteiger partial charge in [-0.15, -0.1) is 22.7 Å². The number of nitrogens with zero attached hydrogens (tertiary/aromatic N) is 4. The average molecular weight is 871 g/mol. The number of allylic oxidation sites excluding steroid dienone is 4. The number of hydrogen-bond donors (Lipinski definition) is 0. The summed E-state index contributed by atoms with van der Waals surface area (Å²) in [6.07, 6.45) is 8.43. The molecule has 8 nitrogen and oxygen atoms in total. The maximum atomic E-state index is 14.0. The van der Waals surface area contributed by atoms with E-state index in [1.54, 1.807) is 36.9 Å². The van der Waals surface area contributed by atoms with Gasteiger partial charge in [0.25, 0.3) is 0 Å². The Kier molecular flexibility index (Phi) is 13.5. The Morgan fingerprint density at radius 3 is 1.06 bits per heavy atom. The van der Waals surface area contributed by atoms with Crippen LogP contribution in [0.2, 0.25) is 0 Å². The van der Waals surface area contributed by atoms with E-state index in [-0.39, 0.29) is 45.1 Å². The first-order chi connectivity index (χ1) is 29.0. The van der Waals surface area contributed by atoms with E-state index in [9.17, 15) is 9.59 Å². The van der Waals surface area contributed by atoms with Crippen LogP contribution in [0.4, 0.5) is 11.4 Å². The van der Waals surface area contributed by atoms with Gasteiger partial charge in [-0.05, 0) is 70.2 Å². The van der Waals surface area contributed by atoms with E-state index < -0.39 is 12.1 Å². The van der Waals surface area contributed by atoms with Crippen molar-refractivity contribution in [2.75, 3.05) is 14.2 Å². The Bertz CT molecular complexity index is 2260. The maximum absolute atomic E-state index is 14.0. The summed E-state index contributed by atoms with van der Waals surface area (Å²) in [5.74, 6) is 1.01. The number of hydrogen-bond acceptors (Lipinski definition) is 10. The topological polar surface area (TPSA) is 102 Å². The minimum Gasteiger partial charge on any atom is -0.494 e. The summed E-state index contributed by atoms with van der Waals surface area (Å²) in [5, 5.41) is 19.7. The zero-order valence-corrected chi connectivity index (χ0v) is 40.4. The van der Waals surface area contributed by atoms with Gasteiger partial charge in [-0.1, -0.05) is 132 Å². The number of methoxy groups -OCH3 is 2. The highest BCUT2D eigenvalue weighted by Crippen LogP contribution is 2.49. The van der Waals surface area contributed by atoms with Crippen molar-refractivity contribution >= 4 is 45.6 Å². The molecule has 2 atom stereocenters. The molecule has 0 bridgehead atoms. The van der Waals surface area contributed by atoms with Crippen molar-refractivity contribution in [2.45, 2.75) is 95.2 Å². The summed E-state index contributed by atoms with van der Waals surface area (Å²) in [7, 11) is 3.27. The summed E-state index contributed by atoms with van der Waals surface area (Å²) < 4.78 is 11.3. The lowest BCUT2D eigenvalue weighted by atomic mass is 9.70. The predicted molar refractivity (Wildman–Crippen MR) is 255 cm³/mol. The van der Waals surface area contributed by atoms with Gasteiger partial charge in [0.2, 0.25) is 0 Å². The fourth-order valence-electron chi connectivity index (χ4n) is 7.80. The first-order valence-electron chi connectivity index (χ1n) is 21.3. The maximum Gasteiger partial charge on any atom is 0.185 e. The molecule has 0 saturated carbocycles. The van der Waals surface area contributed by atoms with Crippen LogP contribution in [0.15, 0.2) is 140 Å². The number of para-hydroxylation sites is 2. The van der Waals surface area contributed by atoms with Gasteiger partial charge in [-0.25, -0.2) is 0 Å². The lowest BCUT2D eigenvalue weighted by Gasteiger charge is -2.34. The molecular formula is C52H62N4O4S2. The summed E-state index contributed by atoms with van der Waals surface area (Å²) >= 11 is 3.36. The fraction of sp³-hybridized carbons (Fsp3) is 0.423. The molecule has 0 aliphatic heterocycles. The molecule has 2 heterocycles. The number of carbonyl (C=O) groups excluding carboxylic acids is 2. The van der Waals surface area contributed by atoms with E-state index in [0.717, 1.165) is 41.8 Å². The highest BCUT2D eigenvalue weighted by Gasteiger charge is 2.40. The van der Waals surface area contributed by atoms with Gasteiger partial charge in [0.05, 0.1) is 14.2 Å². The van der Waals surface area contributed by atoms with Crippen molar-refractivity contribution in [1.29, 1.82) is 0 Å². The minimum atomic E-state index is -0.412. The predicted octanol–water partition coefficient (Wildman–Crippen LogP) is 15.4. The van der Waals surface area contributed by atoms with Crippen LogP contribution in [0.5, 0.6) is 11.5 Å². The van der Waals surface area contributed by atoms with Crippen molar-refractivity contribution < 1.29 is 19.1 Å². The number of carbonyl (C=O) groups is 2. The Morgan fingerprint density at radius 2 is 0.774 bits per heavy atom. The van der Waals surface area contributed by atoms with Gasteiger partial charge in [0.1, 0.15) is 35.0 Å². The second-order valence-corrected chi connectivity index (χ2v) is 22.4. The van der Waals surface area contributed by atoms with Crippen LogP contribution >= 0.6 is 22.7 Å². The van der Waals surface area contributed by atoms with Gasteiger partial charge >= 0.3 is 0 Å². The molecule has 2 aliphatic rings. The molecule has 62 heavy (non-hydrogen) atoms. The molecule has 2 unspecified atom stereocenters. The van der Waals surface area contributed by atoms with E-state index in [1.807, 2.05) is 48.5 Å². The fourth-order valence-corrected chi connectivity index (χ4v) is 10.1. The highest BCUT2D eigenvalue weighted by atomic mass is 32.1.